The Balaban J connectivity index is 2.12. The number of rotatable bonds is 5. The molecule has 1 saturated heterocycles. The summed E-state index contributed by atoms with van der Waals surface area (Å²) in [6.45, 7) is 3.98. The van der Waals surface area contributed by atoms with Gasteiger partial charge in [-0.2, -0.15) is 39.5 Å². The summed E-state index contributed by atoms with van der Waals surface area (Å²) >= 11 is 0. The summed E-state index contributed by atoms with van der Waals surface area (Å²) in [5.74, 6) is 0.143. The van der Waals surface area contributed by atoms with Gasteiger partial charge in [0.05, 0.1) is 16.7 Å². The molecule has 35 heavy (non-hydrogen) atoms. The average Bonchev–Trinajstić information content (AvgIpc) is 2.75. The molecule has 0 bridgehead atoms. The third kappa shape index (κ3) is 6.32. The minimum absolute atomic E-state index is 0.143. The second-order valence-electron chi connectivity index (χ2n) is 9.10. The molecule has 0 aliphatic carbocycles. The van der Waals surface area contributed by atoms with E-state index in [4.69, 9.17) is 0 Å². The molecule has 0 spiro atoms. The predicted molar refractivity (Wildman–Crippen MR) is 113 cm³/mol. The van der Waals surface area contributed by atoms with Crippen molar-refractivity contribution in [2.45, 2.75) is 70.1 Å². The number of hydrogen-bond donors (Lipinski definition) is 0. The molecule has 2 aromatic carbocycles. The maximum absolute atomic E-state index is 13.9. The van der Waals surface area contributed by atoms with Gasteiger partial charge in [0.2, 0.25) is 0 Å². The molecule has 3 atom stereocenters. The highest BCUT2D eigenvalue weighted by atomic mass is 19.4. The van der Waals surface area contributed by atoms with Crippen molar-refractivity contribution in [1.29, 1.82) is 0 Å². The Hall–Kier alpha value is -2.23. The summed E-state index contributed by atoms with van der Waals surface area (Å²) in [6.07, 6.45) is -12.6. The van der Waals surface area contributed by atoms with Gasteiger partial charge in [-0.05, 0) is 73.2 Å². The van der Waals surface area contributed by atoms with Crippen LogP contribution in [0.3, 0.4) is 0 Å². The first kappa shape index (κ1) is 27.4. The van der Waals surface area contributed by atoms with Crippen LogP contribution >= 0.6 is 0 Å². The van der Waals surface area contributed by atoms with E-state index in [1.807, 2.05) is 6.92 Å². The average molecular weight is 511 g/mol. The Labute approximate surface area is 197 Å². The molecule has 1 heterocycles. The van der Waals surface area contributed by atoms with E-state index in [9.17, 15) is 39.5 Å². The first-order valence-electron chi connectivity index (χ1n) is 11.3. The molecule has 194 valence electrons. The topological polar surface area (TPSA) is 3.24 Å². The van der Waals surface area contributed by atoms with Crippen molar-refractivity contribution in [3.05, 3.63) is 70.3 Å². The van der Waals surface area contributed by atoms with Crippen LogP contribution in [0.1, 0.15) is 79.4 Å². The van der Waals surface area contributed by atoms with Crippen LogP contribution in [0.2, 0.25) is 0 Å². The Morgan fingerprint density at radius 1 is 0.829 bits per heavy atom. The molecule has 0 saturated carbocycles. The van der Waals surface area contributed by atoms with Crippen molar-refractivity contribution >= 4 is 0 Å². The number of piperidine rings is 1. The van der Waals surface area contributed by atoms with Crippen molar-refractivity contribution in [2.24, 2.45) is 5.92 Å². The van der Waals surface area contributed by atoms with Crippen LogP contribution < -0.4 is 0 Å². The van der Waals surface area contributed by atoms with E-state index in [1.54, 1.807) is 11.8 Å². The summed E-state index contributed by atoms with van der Waals surface area (Å²) in [6, 6.07) is 4.41. The van der Waals surface area contributed by atoms with E-state index in [0.29, 0.717) is 49.6 Å². The molecule has 1 fully saturated rings. The fourth-order valence-electron chi connectivity index (χ4n) is 4.80. The quantitative estimate of drug-likeness (QED) is 0.362. The molecular weight excluding hydrogens is 485 g/mol. The molecule has 2 unspecified atom stereocenters. The number of likely N-dealkylation sites (tertiary alicyclic amines) is 1. The third-order valence-corrected chi connectivity index (χ3v) is 6.53. The lowest BCUT2D eigenvalue weighted by molar-refractivity contribution is -0.142. The monoisotopic (exact) mass is 511 g/mol. The van der Waals surface area contributed by atoms with Crippen molar-refractivity contribution in [2.75, 3.05) is 6.54 Å². The standard InChI is InChI=1S/C25H26F9N/c1-3-4-21(19-14-18(24(29,30)31)9-10-20(19)25(32,33)34)35-12-11-15(2)13-22(35)16-5-7-17(8-6-16)23(26,27)28/h5-10,14-15,21-22H,3-4,11-13H2,1-2H3/t15-,21?,22?/m0/s1. The molecule has 0 aromatic heterocycles. The SMILES string of the molecule is CCCC(c1cc(C(F)(F)F)ccc1C(F)(F)F)N1CC[C@H](C)CC1c1ccc(C(F)(F)F)cc1. The molecule has 1 aliphatic rings. The summed E-state index contributed by atoms with van der Waals surface area (Å²) in [5.41, 5.74) is -3.11. The first-order chi connectivity index (χ1) is 16.1. The van der Waals surface area contributed by atoms with E-state index in [1.165, 1.54) is 12.1 Å². The summed E-state index contributed by atoms with van der Waals surface area (Å²) < 4.78 is 121. The van der Waals surface area contributed by atoms with Gasteiger partial charge in [-0.15, -0.1) is 0 Å². The molecular formula is C25H26F9N. The van der Waals surface area contributed by atoms with E-state index >= 15 is 0 Å². The number of alkyl halides is 9. The molecule has 2 aromatic rings. The molecule has 10 heteroatoms. The molecule has 1 nitrogen and oxygen atoms in total. The molecule has 3 rings (SSSR count). The summed E-state index contributed by atoms with van der Waals surface area (Å²) in [4.78, 5) is 1.73. The van der Waals surface area contributed by atoms with Gasteiger partial charge < -0.3 is 0 Å². The fourth-order valence-corrected chi connectivity index (χ4v) is 4.80. The number of hydrogen-bond acceptors (Lipinski definition) is 1. The molecule has 0 amide bonds. The zero-order chi connectivity index (χ0) is 26.2. The van der Waals surface area contributed by atoms with Crippen LogP contribution in [-0.2, 0) is 18.5 Å². The second kappa shape index (κ2) is 10.0. The second-order valence-corrected chi connectivity index (χ2v) is 9.10. The van der Waals surface area contributed by atoms with Crippen LogP contribution in [0.15, 0.2) is 42.5 Å². The summed E-state index contributed by atoms with van der Waals surface area (Å²) in [5, 5.41) is 0. The van der Waals surface area contributed by atoms with Gasteiger partial charge in [0.15, 0.2) is 0 Å². The number of nitrogens with zero attached hydrogens (tertiary/aromatic N) is 1. The molecule has 0 radical (unpaired) electrons. The van der Waals surface area contributed by atoms with Gasteiger partial charge in [-0.3, -0.25) is 4.90 Å². The van der Waals surface area contributed by atoms with E-state index in [-0.39, 0.29) is 12.3 Å². The Morgan fingerprint density at radius 3 is 1.91 bits per heavy atom. The van der Waals surface area contributed by atoms with E-state index < -0.39 is 52.9 Å². The van der Waals surface area contributed by atoms with E-state index in [2.05, 4.69) is 0 Å². The maximum atomic E-state index is 13.9. The van der Waals surface area contributed by atoms with Crippen LogP contribution in [-0.4, -0.2) is 11.4 Å². The van der Waals surface area contributed by atoms with Crippen LogP contribution in [0.5, 0.6) is 0 Å². The highest BCUT2D eigenvalue weighted by molar-refractivity contribution is 5.38. The first-order valence-corrected chi connectivity index (χ1v) is 11.3. The largest absolute Gasteiger partial charge is 0.416 e. The van der Waals surface area contributed by atoms with Gasteiger partial charge in [-0.1, -0.05) is 32.4 Å². The third-order valence-electron chi connectivity index (χ3n) is 6.53. The van der Waals surface area contributed by atoms with Gasteiger partial charge >= 0.3 is 18.5 Å². The van der Waals surface area contributed by atoms with Gasteiger partial charge in [0, 0.05) is 12.1 Å². The van der Waals surface area contributed by atoms with Crippen LogP contribution in [0, 0.1) is 5.92 Å². The Morgan fingerprint density at radius 2 is 1.40 bits per heavy atom. The molecule has 1 aliphatic heterocycles. The van der Waals surface area contributed by atoms with Crippen molar-refractivity contribution in [3.8, 4) is 0 Å². The van der Waals surface area contributed by atoms with Crippen LogP contribution in [0.4, 0.5) is 39.5 Å². The zero-order valence-corrected chi connectivity index (χ0v) is 19.2. The number of benzene rings is 2. The predicted octanol–water partition coefficient (Wildman–Crippen LogP) is 9.06. The zero-order valence-electron chi connectivity index (χ0n) is 19.2. The smallest absolute Gasteiger partial charge is 0.289 e. The fraction of sp³-hybridized carbons (Fsp3) is 0.520. The minimum atomic E-state index is -4.86. The molecule has 0 N–H and O–H groups in total. The van der Waals surface area contributed by atoms with Gasteiger partial charge in [0.25, 0.3) is 0 Å². The lowest BCUT2D eigenvalue weighted by atomic mass is 9.84. The minimum Gasteiger partial charge on any atom is -0.289 e. The summed E-state index contributed by atoms with van der Waals surface area (Å²) in [7, 11) is 0. The highest BCUT2D eigenvalue weighted by Gasteiger charge is 2.42. The normalized spacial score (nSPS) is 21.2. The van der Waals surface area contributed by atoms with Crippen LogP contribution in [0.25, 0.3) is 0 Å². The Bertz CT molecular complexity index is 990. The van der Waals surface area contributed by atoms with Gasteiger partial charge in [-0.25, -0.2) is 0 Å². The lowest BCUT2D eigenvalue weighted by Crippen LogP contribution is -2.39. The van der Waals surface area contributed by atoms with E-state index in [0.717, 1.165) is 12.1 Å². The van der Waals surface area contributed by atoms with Crippen molar-refractivity contribution in [1.82, 2.24) is 4.90 Å². The highest BCUT2D eigenvalue weighted by Crippen LogP contribution is 2.46. The van der Waals surface area contributed by atoms with Crippen molar-refractivity contribution in [3.63, 3.8) is 0 Å². The van der Waals surface area contributed by atoms with Crippen molar-refractivity contribution < 1.29 is 39.5 Å². The van der Waals surface area contributed by atoms with Gasteiger partial charge in [0.1, 0.15) is 0 Å². The maximum Gasteiger partial charge on any atom is 0.416 e. The lowest BCUT2D eigenvalue weighted by Gasteiger charge is -2.44. The number of halogens is 9. The Kier molecular flexibility index (Phi) is 7.84.